The van der Waals surface area contributed by atoms with Gasteiger partial charge in [0.1, 0.15) is 5.75 Å². The number of esters is 1. The number of carbonyl (C=O) groups excluding carboxylic acids is 1. The normalized spacial score (nSPS) is 16.0. The molecule has 0 spiro atoms. The van der Waals surface area contributed by atoms with Crippen molar-refractivity contribution in [3.8, 4) is 23.0 Å². The van der Waals surface area contributed by atoms with Gasteiger partial charge in [0.15, 0.2) is 11.5 Å². The fourth-order valence-electron chi connectivity index (χ4n) is 3.18. The number of methoxy groups -OCH3 is 3. The van der Waals surface area contributed by atoms with Gasteiger partial charge in [-0.2, -0.15) is 0 Å². The number of aromatic nitrogens is 1. The summed E-state index contributed by atoms with van der Waals surface area (Å²) in [6.07, 6.45) is 0.0327. The van der Waals surface area contributed by atoms with Crippen molar-refractivity contribution in [2.75, 3.05) is 21.3 Å². The molecule has 0 radical (unpaired) electrons. The van der Waals surface area contributed by atoms with E-state index in [0.29, 0.717) is 34.1 Å². The van der Waals surface area contributed by atoms with Crippen LogP contribution in [0.4, 0.5) is 0 Å². The van der Waals surface area contributed by atoms with Gasteiger partial charge < -0.3 is 23.9 Å². The number of aryl methyl sites for hydroxylation is 1. The second kappa shape index (κ2) is 6.51. The SMILES string of the molecule is COc1ccc([C@@H]2CC(=O)Oc3cc(C)[nH]c(=O)c32)c(OC)c1OC. The van der Waals surface area contributed by atoms with Crippen LogP contribution in [0.25, 0.3) is 0 Å². The average Bonchev–Trinajstić information content (AvgIpc) is 2.58. The Hall–Kier alpha value is -2.96. The van der Waals surface area contributed by atoms with E-state index in [9.17, 15) is 9.59 Å². The lowest BCUT2D eigenvalue weighted by atomic mass is 9.86. The van der Waals surface area contributed by atoms with Gasteiger partial charge in [0, 0.05) is 23.2 Å². The van der Waals surface area contributed by atoms with Crippen LogP contribution in [0.2, 0.25) is 0 Å². The number of hydrogen-bond donors (Lipinski definition) is 1. The molecule has 0 fully saturated rings. The van der Waals surface area contributed by atoms with Gasteiger partial charge in [-0.15, -0.1) is 0 Å². The van der Waals surface area contributed by atoms with Crippen LogP contribution >= 0.6 is 0 Å². The van der Waals surface area contributed by atoms with E-state index in [1.54, 1.807) is 25.1 Å². The summed E-state index contributed by atoms with van der Waals surface area (Å²) in [6, 6.07) is 5.14. The number of hydrogen-bond acceptors (Lipinski definition) is 6. The fraction of sp³-hybridized carbons (Fsp3) is 0.333. The molecule has 0 saturated carbocycles. The molecule has 1 atom stereocenters. The van der Waals surface area contributed by atoms with Crippen LogP contribution in [0.5, 0.6) is 23.0 Å². The van der Waals surface area contributed by atoms with E-state index in [2.05, 4.69) is 4.98 Å². The Labute approximate surface area is 144 Å². The van der Waals surface area contributed by atoms with Crippen LogP contribution in [0.1, 0.15) is 29.2 Å². The topological polar surface area (TPSA) is 86.9 Å². The van der Waals surface area contributed by atoms with E-state index < -0.39 is 11.9 Å². The van der Waals surface area contributed by atoms with Crippen molar-refractivity contribution >= 4 is 5.97 Å². The molecule has 3 rings (SSSR count). The zero-order chi connectivity index (χ0) is 18.1. The maximum Gasteiger partial charge on any atom is 0.312 e. The average molecular weight is 345 g/mol. The van der Waals surface area contributed by atoms with Crippen molar-refractivity contribution in [3.63, 3.8) is 0 Å². The number of pyridine rings is 1. The Kier molecular flexibility index (Phi) is 4.39. The van der Waals surface area contributed by atoms with E-state index in [4.69, 9.17) is 18.9 Å². The molecular formula is C18H19NO6. The Balaban J connectivity index is 2.25. The monoisotopic (exact) mass is 345 g/mol. The smallest absolute Gasteiger partial charge is 0.312 e. The number of H-pyrrole nitrogens is 1. The summed E-state index contributed by atoms with van der Waals surface area (Å²) >= 11 is 0. The van der Waals surface area contributed by atoms with Gasteiger partial charge in [-0.1, -0.05) is 6.07 Å². The van der Waals surface area contributed by atoms with Crippen molar-refractivity contribution in [1.82, 2.24) is 4.98 Å². The molecular weight excluding hydrogens is 326 g/mol. The number of aromatic amines is 1. The molecule has 0 unspecified atom stereocenters. The molecule has 7 heteroatoms. The highest BCUT2D eigenvalue weighted by Crippen LogP contribution is 2.47. The molecule has 7 nitrogen and oxygen atoms in total. The van der Waals surface area contributed by atoms with Crippen LogP contribution in [0, 0.1) is 6.92 Å². The lowest BCUT2D eigenvalue weighted by Crippen LogP contribution is -2.28. The minimum atomic E-state index is -0.504. The van der Waals surface area contributed by atoms with E-state index in [1.807, 2.05) is 0 Å². The van der Waals surface area contributed by atoms with Gasteiger partial charge in [-0.05, 0) is 13.0 Å². The number of carbonyl (C=O) groups is 1. The summed E-state index contributed by atoms with van der Waals surface area (Å²) in [4.78, 5) is 27.3. The third-order valence-electron chi connectivity index (χ3n) is 4.22. The van der Waals surface area contributed by atoms with Gasteiger partial charge in [0.25, 0.3) is 5.56 Å². The van der Waals surface area contributed by atoms with Crippen LogP contribution in [0.3, 0.4) is 0 Å². The summed E-state index contributed by atoms with van der Waals surface area (Å²) < 4.78 is 21.5. The summed E-state index contributed by atoms with van der Waals surface area (Å²) in [5.74, 6) is 0.701. The molecule has 1 aliphatic rings. The number of fused-ring (bicyclic) bond motifs is 1. The second-order valence-corrected chi connectivity index (χ2v) is 5.71. The molecule has 0 saturated heterocycles. The predicted molar refractivity (Wildman–Crippen MR) is 90.0 cm³/mol. The van der Waals surface area contributed by atoms with E-state index >= 15 is 0 Å². The highest BCUT2D eigenvalue weighted by molar-refractivity contribution is 5.78. The van der Waals surface area contributed by atoms with E-state index in [-0.39, 0.29) is 17.7 Å². The largest absolute Gasteiger partial charge is 0.493 e. The number of benzene rings is 1. The minimum absolute atomic E-state index is 0.0327. The highest BCUT2D eigenvalue weighted by Gasteiger charge is 2.34. The summed E-state index contributed by atoms with van der Waals surface area (Å²) in [5, 5.41) is 0. The quantitative estimate of drug-likeness (QED) is 0.855. The Bertz CT molecular complexity index is 886. The molecule has 1 aromatic heterocycles. The number of ether oxygens (including phenoxy) is 4. The Morgan fingerprint density at radius 3 is 2.44 bits per heavy atom. The van der Waals surface area contributed by atoms with Gasteiger partial charge in [0.2, 0.25) is 5.75 Å². The summed E-state index contributed by atoms with van der Waals surface area (Å²) in [7, 11) is 4.53. The first-order chi connectivity index (χ1) is 12.0. The molecule has 132 valence electrons. The molecule has 1 aromatic carbocycles. The van der Waals surface area contributed by atoms with Gasteiger partial charge in [-0.25, -0.2) is 0 Å². The standard InChI is InChI=1S/C18H19NO6/c1-9-7-13-15(18(21)19-9)11(8-14(20)25-13)10-5-6-12(22-2)17(24-4)16(10)23-3/h5-7,11H,8H2,1-4H3,(H,19,21)/t11-/m0/s1. The molecule has 2 heterocycles. The lowest BCUT2D eigenvalue weighted by Gasteiger charge is -2.26. The molecule has 1 N–H and O–H groups in total. The third-order valence-corrected chi connectivity index (χ3v) is 4.22. The van der Waals surface area contributed by atoms with Crippen molar-refractivity contribution in [3.05, 3.63) is 45.4 Å². The van der Waals surface area contributed by atoms with E-state index in [1.165, 1.54) is 21.3 Å². The zero-order valence-corrected chi connectivity index (χ0v) is 14.5. The molecule has 0 amide bonds. The van der Waals surface area contributed by atoms with Crippen molar-refractivity contribution < 1.29 is 23.7 Å². The number of nitrogens with one attached hydrogen (secondary N) is 1. The first kappa shape index (κ1) is 16.9. The molecule has 1 aliphatic heterocycles. The first-order valence-electron chi connectivity index (χ1n) is 7.73. The van der Waals surface area contributed by atoms with Crippen LogP contribution in [-0.4, -0.2) is 32.3 Å². The van der Waals surface area contributed by atoms with Gasteiger partial charge in [-0.3, -0.25) is 9.59 Å². The maximum atomic E-state index is 12.5. The maximum absolute atomic E-state index is 12.5. The molecule has 25 heavy (non-hydrogen) atoms. The Morgan fingerprint density at radius 1 is 1.08 bits per heavy atom. The van der Waals surface area contributed by atoms with Crippen molar-refractivity contribution in [1.29, 1.82) is 0 Å². The predicted octanol–water partition coefficient (Wildman–Crippen LogP) is 2.15. The van der Waals surface area contributed by atoms with Crippen LogP contribution in [0.15, 0.2) is 23.0 Å². The van der Waals surface area contributed by atoms with Crippen LogP contribution < -0.4 is 24.5 Å². The van der Waals surface area contributed by atoms with Gasteiger partial charge in [0.05, 0.1) is 33.3 Å². The third kappa shape index (κ3) is 2.82. The van der Waals surface area contributed by atoms with E-state index in [0.717, 1.165) is 0 Å². The fourth-order valence-corrected chi connectivity index (χ4v) is 3.18. The molecule has 0 bridgehead atoms. The molecule has 0 aliphatic carbocycles. The molecule has 2 aromatic rings. The summed E-state index contributed by atoms with van der Waals surface area (Å²) in [6.45, 7) is 1.73. The lowest BCUT2D eigenvalue weighted by molar-refractivity contribution is -0.135. The van der Waals surface area contributed by atoms with Crippen LogP contribution in [-0.2, 0) is 4.79 Å². The highest BCUT2D eigenvalue weighted by atomic mass is 16.5. The van der Waals surface area contributed by atoms with Gasteiger partial charge >= 0.3 is 5.97 Å². The Morgan fingerprint density at radius 2 is 1.80 bits per heavy atom. The second-order valence-electron chi connectivity index (χ2n) is 5.71. The minimum Gasteiger partial charge on any atom is -0.493 e. The first-order valence-corrected chi connectivity index (χ1v) is 7.73. The number of rotatable bonds is 4. The van der Waals surface area contributed by atoms with Crippen molar-refractivity contribution in [2.45, 2.75) is 19.3 Å². The zero-order valence-electron chi connectivity index (χ0n) is 14.5. The summed E-state index contributed by atoms with van der Waals surface area (Å²) in [5.41, 5.74) is 1.39. The van der Waals surface area contributed by atoms with Crippen molar-refractivity contribution in [2.24, 2.45) is 0 Å².